The van der Waals surface area contributed by atoms with Gasteiger partial charge in [-0.1, -0.05) is 0 Å². The molecule has 1 rings (SSSR count). The molecular weight excluding hydrogens is 235 g/mol. The molecule has 0 aliphatic rings. The lowest BCUT2D eigenvalue weighted by atomic mass is 10.1. The summed E-state index contributed by atoms with van der Waals surface area (Å²) in [4.78, 5) is 11.7. The molecule has 1 aromatic carbocycles. The van der Waals surface area contributed by atoms with Gasteiger partial charge in [0, 0.05) is 19.2 Å². The third-order valence-electron chi connectivity index (χ3n) is 2.90. The van der Waals surface area contributed by atoms with E-state index in [2.05, 4.69) is 5.32 Å². The summed E-state index contributed by atoms with van der Waals surface area (Å²) in [6.07, 6.45) is 0.871. The normalized spacial score (nSPS) is 12.2. The number of nitrogen functional groups attached to an aromatic ring is 1. The molecule has 0 fully saturated rings. The van der Waals surface area contributed by atoms with E-state index in [0.717, 1.165) is 0 Å². The Labute approximate surface area is 106 Å². The fraction of sp³-hybridized carbons (Fsp3) is 0.462. The highest BCUT2D eigenvalue weighted by molar-refractivity contribution is 5.92. The Morgan fingerprint density at radius 1 is 1.56 bits per heavy atom. The van der Waals surface area contributed by atoms with Crippen LogP contribution >= 0.6 is 0 Å². The van der Waals surface area contributed by atoms with Crippen LogP contribution in [0.15, 0.2) is 12.1 Å². The second-order valence-electron chi connectivity index (χ2n) is 4.27. The van der Waals surface area contributed by atoms with Crippen LogP contribution in [0.5, 0.6) is 0 Å². The van der Waals surface area contributed by atoms with E-state index >= 15 is 0 Å². The third kappa shape index (κ3) is 3.70. The van der Waals surface area contributed by atoms with Gasteiger partial charge in [-0.05, 0) is 38.0 Å². The van der Waals surface area contributed by atoms with E-state index in [0.29, 0.717) is 17.7 Å². The van der Waals surface area contributed by atoms with E-state index in [1.165, 1.54) is 12.1 Å². The molecule has 1 unspecified atom stereocenters. The van der Waals surface area contributed by atoms with E-state index in [4.69, 9.17) is 10.5 Å². The maximum atomic E-state index is 13.6. The van der Waals surface area contributed by atoms with Gasteiger partial charge in [-0.25, -0.2) is 4.39 Å². The first-order valence-electron chi connectivity index (χ1n) is 5.83. The molecular formula is C13H19FN2O2. The molecule has 0 aliphatic heterocycles. The Morgan fingerprint density at radius 3 is 2.83 bits per heavy atom. The van der Waals surface area contributed by atoms with Crippen molar-refractivity contribution in [1.29, 1.82) is 0 Å². The number of benzene rings is 1. The van der Waals surface area contributed by atoms with Gasteiger partial charge in [-0.3, -0.25) is 4.79 Å². The van der Waals surface area contributed by atoms with Gasteiger partial charge >= 0.3 is 0 Å². The van der Waals surface area contributed by atoms with Gasteiger partial charge in [0.25, 0.3) is 0 Å². The highest BCUT2D eigenvalue weighted by atomic mass is 19.1. The van der Waals surface area contributed by atoms with Gasteiger partial charge in [0.2, 0.25) is 5.91 Å². The van der Waals surface area contributed by atoms with Crippen molar-refractivity contribution in [1.82, 2.24) is 0 Å². The Bertz CT molecular complexity index is 435. The van der Waals surface area contributed by atoms with Crippen LogP contribution in [0.2, 0.25) is 0 Å². The van der Waals surface area contributed by atoms with Crippen LogP contribution in [0.1, 0.15) is 25.3 Å². The van der Waals surface area contributed by atoms with Crippen LogP contribution in [0.3, 0.4) is 0 Å². The van der Waals surface area contributed by atoms with Gasteiger partial charge in [0.15, 0.2) is 0 Å². The number of nitrogens with one attached hydrogen (secondary N) is 1. The van der Waals surface area contributed by atoms with Crippen molar-refractivity contribution >= 4 is 17.3 Å². The number of hydrogen-bond acceptors (Lipinski definition) is 3. The molecule has 3 N–H and O–H groups in total. The minimum Gasteiger partial charge on any atom is -0.398 e. The number of rotatable bonds is 5. The molecule has 0 heterocycles. The van der Waals surface area contributed by atoms with Crippen molar-refractivity contribution in [3.8, 4) is 0 Å². The quantitative estimate of drug-likeness (QED) is 0.793. The highest BCUT2D eigenvalue weighted by Crippen LogP contribution is 2.24. The molecule has 100 valence electrons. The number of anilines is 2. The first-order valence-corrected chi connectivity index (χ1v) is 5.83. The average molecular weight is 254 g/mol. The summed E-state index contributed by atoms with van der Waals surface area (Å²) < 4.78 is 18.6. The van der Waals surface area contributed by atoms with E-state index in [1.807, 2.05) is 6.92 Å². The zero-order chi connectivity index (χ0) is 13.7. The molecule has 0 aliphatic carbocycles. The number of halogens is 1. The molecule has 0 spiro atoms. The number of hydrogen-bond donors (Lipinski definition) is 2. The summed E-state index contributed by atoms with van der Waals surface area (Å²) in [5.74, 6) is -0.721. The second-order valence-corrected chi connectivity index (χ2v) is 4.27. The van der Waals surface area contributed by atoms with Gasteiger partial charge in [0.05, 0.1) is 11.8 Å². The van der Waals surface area contributed by atoms with E-state index in [1.54, 1.807) is 14.0 Å². The topological polar surface area (TPSA) is 64.3 Å². The summed E-state index contributed by atoms with van der Waals surface area (Å²) in [7, 11) is 1.59. The van der Waals surface area contributed by atoms with Gasteiger partial charge in [-0.2, -0.15) is 0 Å². The van der Waals surface area contributed by atoms with E-state index in [-0.39, 0.29) is 24.1 Å². The lowest BCUT2D eigenvalue weighted by Crippen LogP contribution is -2.17. The van der Waals surface area contributed by atoms with Crippen molar-refractivity contribution in [2.45, 2.75) is 32.8 Å². The van der Waals surface area contributed by atoms with Crippen LogP contribution in [0.25, 0.3) is 0 Å². The molecule has 4 nitrogen and oxygen atoms in total. The molecule has 0 radical (unpaired) electrons. The summed E-state index contributed by atoms with van der Waals surface area (Å²) in [5, 5.41) is 2.55. The molecule has 1 aromatic rings. The number of methoxy groups -OCH3 is 1. The van der Waals surface area contributed by atoms with Gasteiger partial charge in [0.1, 0.15) is 5.82 Å². The Balaban J connectivity index is 2.68. The molecule has 0 bridgehead atoms. The van der Waals surface area contributed by atoms with E-state index < -0.39 is 5.82 Å². The highest BCUT2D eigenvalue weighted by Gasteiger charge is 2.12. The molecule has 0 aromatic heterocycles. The lowest BCUT2D eigenvalue weighted by Gasteiger charge is -2.12. The standard InChI is InChI=1S/C13H19FN2O2/c1-8(18-3)4-7-12(17)16-13-9(2)11(15)6-5-10(13)14/h5-6,8H,4,7,15H2,1-3H3,(H,16,17). The molecule has 18 heavy (non-hydrogen) atoms. The molecule has 1 amide bonds. The van der Waals surface area contributed by atoms with Crippen molar-refractivity contribution in [2.75, 3.05) is 18.2 Å². The fourth-order valence-electron chi connectivity index (χ4n) is 1.50. The maximum absolute atomic E-state index is 13.6. The maximum Gasteiger partial charge on any atom is 0.224 e. The zero-order valence-electron chi connectivity index (χ0n) is 10.9. The monoisotopic (exact) mass is 254 g/mol. The SMILES string of the molecule is COC(C)CCC(=O)Nc1c(F)ccc(N)c1C. The largest absolute Gasteiger partial charge is 0.398 e. The second kappa shape index (κ2) is 6.35. The Kier molecular flexibility index (Phi) is 5.09. The molecule has 0 saturated heterocycles. The number of ether oxygens (including phenoxy) is 1. The van der Waals surface area contributed by atoms with Gasteiger partial charge < -0.3 is 15.8 Å². The summed E-state index contributed by atoms with van der Waals surface area (Å²) in [6, 6.07) is 2.73. The fourth-order valence-corrected chi connectivity index (χ4v) is 1.50. The number of carbonyl (C=O) groups is 1. The Morgan fingerprint density at radius 2 is 2.22 bits per heavy atom. The summed E-state index contributed by atoms with van der Waals surface area (Å²) in [6.45, 7) is 3.55. The van der Waals surface area contributed by atoms with Crippen LogP contribution < -0.4 is 11.1 Å². The molecule has 0 saturated carbocycles. The lowest BCUT2D eigenvalue weighted by molar-refractivity contribution is -0.116. The minimum absolute atomic E-state index is 0.00235. The Hall–Kier alpha value is -1.62. The van der Waals surface area contributed by atoms with Crippen LogP contribution in [0.4, 0.5) is 15.8 Å². The average Bonchev–Trinajstić information content (AvgIpc) is 2.36. The summed E-state index contributed by atoms with van der Waals surface area (Å²) in [5.41, 5.74) is 6.83. The third-order valence-corrected chi connectivity index (χ3v) is 2.90. The minimum atomic E-state index is -0.477. The van der Waals surface area contributed by atoms with Crippen LogP contribution in [-0.4, -0.2) is 19.1 Å². The number of nitrogens with two attached hydrogens (primary N) is 1. The molecule has 5 heteroatoms. The molecule has 1 atom stereocenters. The first kappa shape index (κ1) is 14.4. The van der Waals surface area contributed by atoms with Crippen LogP contribution in [0, 0.1) is 12.7 Å². The van der Waals surface area contributed by atoms with Crippen LogP contribution in [-0.2, 0) is 9.53 Å². The number of carbonyl (C=O) groups excluding carboxylic acids is 1. The predicted octanol–water partition coefficient (Wildman–Crippen LogP) is 2.47. The van der Waals surface area contributed by atoms with Crippen molar-refractivity contribution in [3.63, 3.8) is 0 Å². The van der Waals surface area contributed by atoms with Crippen molar-refractivity contribution < 1.29 is 13.9 Å². The number of amides is 1. The van der Waals surface area contributed by atoms with Crippen molar-refractivity contribution in [2.24, 2.45) is 0 Å². The first-order chi connectivity index (χ1) is 8.45. The van der Waals surface area contributed by atoms with E-state index in [9.17, 15) is 9.18 Å². The zero-order valence-corrected chi connectivity index (χ0v) is 10.9. The van der Waals surface area contributed by atoms with Gasteiger partial charge in [-0.15, -0.1) is 0 Å². The smallest absolute Gasteiger partial charge is 0.224 e. The van der Waals surface area contributed by atoms with Crippen molar-refractivity contribution in [3.05, 3.63) is 23.5 Å². The summed E-state index contributed by atoms with van der Waals surface area (Å²) >= 11 is 0. The predicted molar refractivity (Wildman–Crippen MR) is 69.9 cm³/mol.